The summed E-state index contributed by atoms with van der Waals surface area (Å²) in [5.41, 5.74) is 3.46. The molecule has 0 aliphatic heterocycles. The molecule has 0 fully saturated rings. The molecule has 0 bridgehead atoms. The maximum Gasteiger partial charge on any atom is 0.202 e. The number of hydrogen-bond acceptors (Lipinski definition) is 5. The molecule has 178 valence electrons. The lowest BCUT2D eigenvalue weighted by molar-refractivity contribution is -0.160. The number of ketones is 1. The minimum Gasteiger partial charge on any atom is -0.361 e. The van der Waals surface area contributed by atoms with Crippen molar-refractivity contribution in [2.45, 2.75) is 50.3 Å². The van der Waals surface area contributed by atoms with Crippen LogP contribution >= 0.6 is 15.9 Å². The van der Waals surface area contributed by atoms with Gasteiger partial charge in [-0.1, -0.05) is 60.1 Å². The largest absolute Gasteiger partial charge is 0.361 e. The van der Waals surface area contributed by atoms with E-state index in [0.29, 0.717) is 24.5 Å². The Balaban J connectivity index is 1.36. The van der Waals surface area contributed by atoms with E-state index in [1.54, 1.807) is 24.4 Å². The summed E-state index contributed by atoms with van der Waals surface area (Å²) in [5.74, 6) is -0.254. The molecule has 1 aromatic carbocycles. The van der Waals surface area contributed by atoms with Crippen LogP contribution in [-0.4, -0.2) is 42.6 Å². The fourth-order valence-electron chi connectivity index (χ4n) is 4.04. The predicted octanol–water partition coefficient (Wildman–Crippen LogP) is 5.46. The summed E-state index contributed by atoms with van der Waals surface area (Å²) in [6, 6.07) is 13.9. The third-order valence-corrected chi connectivity index (χ3v) is 6.72. The van der Waals surface area contributed by atoms with E-state index in [1.165, 1.54) is 0 Å². The number of imidazole rings is 1. The van der Waals surface area contributed by atoms with E-state index in [9.17, 15) is 9.90 Å². The predicted molar refractivity (Wildman–Crippen MR) is 137 cm³/mol. The number of carbonyl (C=O) groups is 1. The van der Waals surface area contributed by atoms with E-state index < -0.39 is 10.6 Å². The normalized spacial score (nSPS) is 20.1. The van der Waals surface area contributed by atoms with Crippen molar-refractivity contribution in [1.82, 2.24) is 14.5 Å². The van der Waals surface area contributed by atoms with Gasteiger partial charge in [-0.2, -0.15) is 0 Å². The lowest BCUT2D eigenvalue weighted by Gasteiger charge is -2.31. The van der Waals surface area contributed by atoms with Gasteiger partial charge in [-0.15, -0.1) is 0 Å². The number of unbranched alkanes of at least 4 members (excludes halogenated alkanes) is 1. The second-order valence-electron chi connectivity index (χ2n) is 8.98. The molecule has 0 amide bonds. The van der Waals surface area contributed by atoms with Crippen LogP contribution in [0.4, 0.5) is 0 Å². The Hall–Kier alpha value is -2.61. The number of hydrogen-bond donors (Lipinski definition) is 1. The Morgan fingerprint density at radius 3 is 2.74 bits per heavy atom. The molecule has 2 aromatic heterocycles. The number of rotatable bonds is 10. The van der Waals surface area contributed by atoms with Crippen molar-refractivity contribution >= 4 is 32.7 Å². The number of benzene rings is 1. The number of Topliss-reactive ketones (excluding diaryl/α,β-unsaturated/α-hetero) is 1. The maximum absolute atomic E-state index is 12.3. The van der Waals surface area contributed by atoms with Crippen LogP contribution in [0.5, 0.6) is 0 Å². The Morgan fingerprint density at radius 2 is 2.00 bits per heavy atom. The van der Waals surface area contributed by atoms with E-state index in [4.69, 9.17) is 9.72 Å². The van der Waals surface area contributed by atoms with Crippen LogP contribution in [0.1, 0.15) is 33.1 Å². The lowest BCUT2D eigenvalue weighted by Crippen LogP contribution is -2.41. The van der Waals surface area contributed by atoms with Crippen LogP contribution in [0.2, 0.25) is 0 Å². The number of nitrogens with zero attached hydrogens (tertiary/aromatic N) is 3. The smallest absolute Gasteiger partial charge is 0.202 e. The molecule has 4 rings (SSSR count). The number of aryl methyl sites for hydroxylation is 1. The van der Waals surface area contributed by atoms with Gasteiger partial charge in [0, 0.05) is 24.7 Å². The number of alkyl halides is 1. The fraction of sp³-hybridized carbons (Fsp3) is 0.370. The van der Waals surface area contributed by atoms with Gasteiger partial charge in [-0.3, -0.25) is 9.78 Å². The van der Waals surface area contributed by atoms with E-state index in [2.05, 4.69) is 31.5 Å². The highest BCUT2D eigenvalue weighted by atomic mass is 79.9. The quantitative estimate of drug-likeness (QED) is 0.217. The zero-order chi connectivity index (χ0) is 24.1. The maximum atomic E-state index is 12.3. The van der Waals surface area contributed by atoms with Gasteiger partial charge in [-0.25, -0.2) is 4.98 Å². The van der Waals surface area contributed by atoms with Crippen LogP contribution in [0.15, 0.2) is 72.5 Å². The molecule has 1 aliphatic rings. The van der Waals surface area contributed by atoms with Crippen molar-refractivity contribution < 1.29 is 14.6 Å². The van der Waals surface area contributed by atoms with E-state index in [1.807, 2.05) is 50.2 Å². The van der Waals surface area contributed by atoms with Gasteiger partial charge >= 0.3 is 0 Å². The van der Waals surface area contributed by atoms with Gasteiger partial charge in [0.2, 0.25) is 5.79 Å². The van der Waals surface area contributed by atoms with Crippen LogP contribution in [0, 0.1) is 5.92 Å². The zero-order valence-electron chi connectivity index (χ0n) is 19.5. The number of carbonyl (C=O) groups excluding carboxylic acids is 1. The number of aliphatic hydroxyl groups is 1. The first kappa shape index (κ1) is 24.5. The van der Waals surface area contributed by atoms with Gasteiger partial charge in [0.05, 0.1) is 22.5 Å². The fourth-order valence-corrected chi connectivity index (χ4v) is 4.61. The summed E-state index contributed by atoms with van der Waals surface area (Å²) in [6.07, 6.45) is 8.84. The zero-order valence-corrected chi connectivity index (χ0v) is 21.1. The van der Waals surface area contributed by atoms with E-state index in [0.717, 1.165) is 41.9 Å². The molecule has 2 heterocycles. The second kappa shape index (κ2) is 10.8. The van der Waals surface area contributed by atoms with Gasteiger partial charge in [0.15, 0.2) is 11.6 Å². The Morgan fingerprint density at radius 1 is 1.21 bits per heavy atom. The van der Waals surface area contributed by atoms with Crippen LogP contribution < -0.4 is 0 Å². The number of ether oxygens (including phenoxy) is 1. The number of aromatic nitrogens is 3. The molecule has 3 aromatic rings. The molecule has 0 radical (unpaired) electrons. The number of halogens is 1. The average molecular weight is 524 g/mol. The number of fused-ring (bicyclic) bond motifs is 1. The Kier molecular flexibility index (Phi) is 7.76. The van der Waals surface area contributed by atoms with Gasteiger partial charge in [-0.05, 0) is 49.1 Å². The third-order valence-electron chi connectivity index (χ3n) is 5.80. The first-order chi connectivity index (χ1) is 16.4. The van der Waals surface area contributed by atoms with Crippen LogP contribution in [0.25, 0.3) is 22.6 Å². The highest BCUT2D eigenvalue weighted by Crippen LogP contribution is 2.30. The third kappa shape index (κ3) is 5.54. The molecule has 2 unspecified atom stereocenters. The highest BCUT2D eigenvalue weighted by Gasteiger charge is 2.35. The van der Waals surface area contributed by atoms with Gasteiger partial charge in [0.1, 0.15) is 5.69 Å². The van der Waals surface area contributed by atoms with Gasteiger partial charge < -0.3 is 14.4 Å². The second-order valence-corrected chi connectivity index (χ2v) is 9.96. The van der Waals surface area contributed by atoms with Crippen LogP contribution in [0.3, 0.4) is 0 Å². The minimum absolute atomic E-state index is 0.0778. The Bertz CT molecular complexity index is 1200. The molecular formula is C27H30BrN3O3. The molecule has 1 aliphatic carbocycles. The summed E-state index contributed by atoms with van der Waals surface area (Å²) in [7, 11) is 0. The molecule has 6 nitrogen and oxygen atoms in total. The van der Waals surface area contributed by atoms with E-state index >= 15 is 0 Å². The molecule has 0 spiro atoms. The van der Waals surface area contributed by atoms with Crippen molar-refractivity contribution in [3.63, 3.8) is 0 Å². The number of allylic oxidation sites excluding steroid dienone is 2. The highest BCUT2D eigenvalue weighted by molar-refractivity contribution is 9.09. The SMILES string of the molecule is CC(C)CC(=O)C1=CC(Br)C(O)(OCCCCn2c(-c3ccccn3)nc3ccccc32)C=C1. The molecule has 2 atom stereocenters. The summed E-state index contributed by atoms with van der Waals surface area (Å²) >= 11 is 3.47. The summed E-state index contributed by atoms with van der Waals surface area (Å²) in [6.45, 7) is 5.18. The van der Waals surface area contributed by atoms with Crippen molar-refractivity contribution in [3.05, 3.63) is 72.5 Å². The van der Waals surface area contributed by atoms with Crippen LogP contribution in [-0.2, 0) is 16.1 Å². The summed E-state index contributed by atoms with van der Waals surface area (Å²) in [4.78, 5) is 21.1. The molecule has 7 heteroatoms. The van der Waals surface area contributed by atoms with E-state index in [-0.39, 0.29) is 5.78 Å². The number of pyridine rings is 1. The lowest BCUT2D eigenvalue weighted by atomic mass is 9.95. The molecule has 34 heavy (non-hydrogen) atoms. The summed E-state index contributed by atoms with van der Waals surface area (Å²) in [5, 5.41) is 10.9. The Labute approximate surface area is 208 Å². The van der Waals surface area contributed by atoms with Crippen molar-refractivity contribution in [3.8, 4) is 11.5 Å². The molecule has 0 saturated heterocycles. The average Bonchev–Trinajstić information content (AvgIpc) is 3.19. The standard InChI is InChI=1S/C27H30BrN3O3/c1-19(2)17-24(32)20-12-13-27(33,25(28)18-20)34-16-8-7-15-31-23-11-4-3-9-21(23)30-26(31)22-10-5-6-14-29-22/h3-6,9-14,18-19,25,33H,7-8,15-17H2,1-2H3. The summed E-state index contributed by atoms with van der Waals surface area (Å²) < 4.78 is 8.03. The number of para-hydroxylation sites is 2. The molecule has 0 saturated carbocycles. The first-order valence-corrected chi connectivity index (χ1v) is 12.6. The van der Waals surface area contributed by atoms with Crippen molar-refractivity contribution in [2.75, 3.05) is 6.61 Å². The topological polar surface area (TPSA) is 77.2 Å². The molecule has 1 N–H and O–H groups in total. The first-order valence-electron chi connectivity index (χ1n) is 11.7. The van der Waals surface area contributed by atoms with Gasteiger partial charge in [0.25, 0.3) is 0 Å². The monoisotopic (exact) mass is 523 g/mol. The van der Waals surface area contributed by atoms with Crippen molar-refractivity contribution in [2.24, 2.45) is 5.92 Å². The van der Waals surface area contributed by atoms with Crippen molar-refractivity contribution in [1.29, 1.82) is 0 Å². The minimum atomic E-state index is -1.47. The molecular weight excluding hydrogens is 494 g/mol.